The summed E-state index contributed by atoms with van der Waals surface area (Å²) in [5.41, 5.74) is 11.9. The van der Waals surface area contributed by atoms with Gasteiger partial charge in [-0.3, -0.25) is 0 Å². The standard InChI is InChI=1S/C12H17N3O2/c1-8(2)17-11(16)10-5-3-9(4-6-10)7-15-12(13)14/h3-6,8H,7H2,1-2H3,(H4,13,14,15). The third-order valence-electron chi connectivity index (χ3n) is 1.98. The van der Waals surface area contributed by atoms with Crippen LogP contribution >= 0.6 is 0 Å². The average Bonchev–Trinajstić information content (AvgIpc) is 2.26. The van der Waals surface area contributed by atoms with E-state index >= 15 is 0 Å². The molecule has 0 atom stereocenters. The van der Waals surface area contributed by atoms with Gasteiger partial charge in [-0.15, -0.1) is 0 Å². The summed E-state index contributed by atoms with van der Waals surface area (Å²) in [5.74, 6) is -0.276. The normalized spacial score (nSPS) is 10.1. The number of hydrogen-bond acceptors (Lipinski definition) is 3. The zero-order valence-electron chi connectivity index (χ0n) is 10.0. The quantitative estimate of drug-likeness (QED) is 0.463. The number of aliphatic imine (C=N–C) groups is 1. The number of carbonyl (C=O) groups excluding carboxylic acids is 1. The maximum atomic E-state index is 11.5. The number of carbonyl (C=O) groups is 1. The molecule has 0 radical (unpaired) electrons. The van der Waals surface area contributed by atoms with Crippen LogP contribution < -0.4 is 11.5 Å². The predicted octanol–water partition coefficient (Wildman–Crippen LogP) is 1.03. The number of ether oxygens (including phenoxy) is 1. The van der Waals surface area contributed by atoms with Crippen molar-refractivity contribution in [3.63, 3.8) is 0 Å². The molecule has 0 spiro atoms. The van der Waals surface area contributed by atoms with Crippen LogP contribution in [0.2, 0.25) is 0 Å². The second-order valence-electron chi connectivity index (χ2n) is 3.89. The Balaban J connectivity index is 2.67. The molecule has 0 aliphatic rings. The highest BCUT2D eigenvalue weighted by atomic mass is 16.5. The van der Waals surface area contributed by atoms with Crippen molar-refractivity contribution >= 4 is 11.9 Å². The van der Waals surface area contributed by atoms with E-state index in [4.69, 9.17) is 16.2 Å². The van der Waals surface area contributed by atoms with Crippen molar-refractivity contribution in [2.75, 3.05) is 0 Å². The molecule has 5 nitrogen and oxygen atoms in total. The number of rotatable bonds is 4. The van der Waals surface area contributed by atoms with Gasteiger partial charge < -0.3 is 16.2 Å². The van der Waals surface area contributed by atoms with E-state index in [1.54, 1.807) is 24.3 Å². The van der Waals surface area contributed by atoms with Gasteiger partial charge in [0.25, 0.3) is 0 Å². The van der Waals surface area contributed by atoms with E-state index in [-0.39, 0.29) is 18.0 Å². The third-order valence-corrected chi connectivity index (χ3v) is 1.98. The fourth-order valence-corrected chi connectivity index (χ4v) is 1.21. The maximum absolute atomic E-state index is 11.5. The van der Waals surface area contributed by atoms with E-state index < -0.39 is 0 Å². The molecule has 0 saturated carbocycles. The predicted molar refractivity (Wildman–Crippen MR) is 66.5 cm³/mol. The Hall–Kier alpha value is -2.04. The first-order chi connectivity index (χ1) is 7.99. The first-order valence-corrected chi connectivity index (χ1v) is 5.34. The molecule has 0 aromatic heterocycles. The second kappa shape index (κ2) is 5.89. The summed E-state index contributed by atoms with van der Waals surface area (Å²) in [7, 11) is 0. The third kappa shape index (κ3) is 4.55. The van der Waals surface area contributed by atoms with Gasteiger partial charge in [-0.1, -0.05) is 12.1 Å². The minimum absolute atomic E-state index is 0.0493. The summed E-state index contributed by atoms with van der Waals surface area (Å²) in [5, 5.41) is 0. The van der Waals surface area contributed by atoms with Crippen LogP contribution in [0.25, 0.3) is 0 Å². The van der Waals surface area contributed by atoms with Crippen LogP contribution in [-0.2, 0) is 11.3 Å². The lowest BCUT2D eigenvalue weighted by atomic mass is 10.1. The summed E-state index contributed by atoms with van der Waals surface area (Å²) in [6.07, 6.45) is -0.121. The Morgan fingerprint density at radius 3 is 2.35 bits per heavy atom. The molecule has 0 aliphatic carbocycles. The molecule has 0 heterocycles. The fourth-order valence-electron chi connectivity index (χ4n) is 1.21. The molecule has 0 unspecified atom stereocenters. The molecule has 17 heavy (non-hydrogen) atoms. The number of hydrogen-bond donors (Lipinski definition) is 2. The smallest absolute Gasteiger partial charge is 0.338 e. The van der Waals surface area contributed by atoms with Crippen molar-refractivity contribution in [3.05, 3.63) is 35.4 Å². The van der Waals surface area contributed by atoms with Gasteiger partial charge in [-0.05, 0) is 31.5 Å². The SMILES string of the molecule is CC(C)OC(=O)c1ccc(CN=C(N)N)cc1. The zero-order valence-corrected chi connectivity index (χ0v) is 10.0. The van der Waals surface area contributed by atoms with Crippen LogP contribution in [0.3, 0.4) is 0 Å². The summed E-state index contributed by atoms with van der Waals surface area (Å²) in [6, 6.07) is 6.98. The van der Waals surface area contributed by atoms with Gasteiger partial charge in [0.15, 0.2) is 5.96 Å². The Bertz CT molecular complexity index is 406. The highest BCUT2D eigenvalue weighted by Crippen LogP contribution is 2.08. The van der Waals surface area contributed by atoms with E-state index in [0.717, 1.165) is 5.56 Å². The summed E-state index contributed by atoms with van der Waals surface area (Å²) >= 11 is 0. The second-order valence-corrected chi connectivity index (χ2v) is 3.89. The van der Waals surface area contributed by atoms with Crippen LogP contribution in [0.4, 0.5) is 0 Å². The lowest BCUT2D eigenvalue weighted by Gasteiger charge is -2.07. The van der Waals surface area contributed by atoms with Crippen LogP contribution in [0.1, 0.15) is 29.8 Å². The maximum Gasteiger partial charge on any atom is 0.338 e. The molecule has 5 heteroatoms. The molecular formula is C12H17N3O2. The first-order valence-electron chi connectivity index (χ1n) is 5.34. The molecule has 1 aromatic carbocycles. The molecule has 0 amide bonds. The van der Waals surface area contributed by atoms with E-state index in [1.807, 2.05) is 13.8 Å². The molecule has 0 fully saturated rings. The van der Waals surface area contributed by atoms with E-state index in [9.17, 15) is 4.79 Å². The van der Waals surface area contributed by atoms with Gasteiger partial charge in [0, 0.05) is 0 Å². The highest BCUT2D eigenvalue weighted by molar-refractivity contribution is 5.89. The molecule has 1 aromatic rings. The number of guanidine groups is 1. The van der Waals surface area contributed by atoms with Crippen molar-refractivity contribution in [3.8, 4) is 0 Å². The molecule has 0 saturated heterocycles. The Kier molecular flexibility index (Phi) is 4.51. The minimum atomic E-state index is -0.326. The number of nitrogens with two attached hydrogens (primary N) is 2. The Labute approximate surface area is 100 Å². The summed E-state index contributed by atoms with van der Waals surface area (Å²) < 4.78 is 5.07. The largest absolute Gasteiger partial charge is 0.459 e. The van der Waals surface area contributed by atoms with E-state index in [2.05, 4.69) is 4.99 Å². The van der Waals surface area contributed by atoms with Gasteiger partial charge in [-0.2, -0.15) is 0 Å². The van der Waals surface area contributed by atoms with Crippen molar-refractivity contribution in [2.24, 2.45) is 16.5 Å². The average molecular weight is 235 g/mol. The zero-order chi connectivity index (χ0) is 12.8. The lowest BCUT2D eigenvalue weighted by Crippen LogP contribution is -2.22. The fraction of sp³-hybridized carbons (Fsp3) is 0.333. The van der Waals surface area contributed by atoms with Crippen LogP contribution in [-0.4, -0.2) is 18.0 Å². The summed E-state index contributed by atoms with van der Waals surface area (Å²) in [6.45, 7) is 4.03. The monoisotopic (exact) mass is 235 g/mol. The molecule has 0 aliphatic heterocycles. The van der Waals surface area contributed by atoms with Gasteiger partial charge in [0.1, 0.15) is 0 Å². The summed E-state index contributed by atoms with van der Waals surface area (Å²) in [4.78, 5) is 15.4. The molecule has 4 N–H and O–H groups in total. The molecule has 1 rings (SSSR count). The topological polar surface area (TPSA) is 90.7 Å². The number of esters is 1. The molecule has 0 bridgehead atoms. The molecule has 92 valence electrons. The van der Waals surface area contributed by atoms with Crippen molar-refractivity contribution in [1.82, 2.24) is 0 Å². The van der Waals surface area contributed by atoms with Crippen molar-refractivity contribution < 1.29 is 9.53 Å². The van der Waals surface area contributed by atoms with Gasteiger partial charge in [-0.25, -0.2) is 9.79 Å². The van der Waals surface area contributed by atoms with Gasteiger partial charge in [0.2, 0.25) is 0 Å². The van der Waals surface area contributed by atoms with Crippen LogP contribution in [0.5, 0.6) is 0 Å². The van der Waals surface area contributed by atoms with Gasteiger partial charge >= 0.3 is 5.97 Å². The van der Waals surface area contributed by atoms with Crippen LogP contribution in [0.15, 0.2) is 29.3 Å². The lowest BCUT2D eigenvalue weighted by molar-refractivity contribution is 0.0378. The van der Waals surface area contributed by atoms with E-state index in [1.165, 1.54) is 0 Å². The Morgan fingerprint density at radius 2 is 1.88 bits per heavy atom. The minimum Gasteiger partial charge on any atom is -0.459 e. The number of benzene rings is 1. The van der Waals surface area contributed by atoms with Crippen LogP contribution in [0, 0.1) is 0 Å². The van der Waals surface area contributed by atoms with Crippen molar-refractivity contribution in [1.29, 1.82) is 0 Å². The van der Waals surface area contributed by atoms with Gasteiger partial charge in [0.05, 0.1) is 18.2 Å². The van der Waals surface area contributed by atoms with E-state index in [0.29, 0.717) is 12.1 Å². The number of nitrogens with zero attached hydrogens (tertiary/aromatic N) is 1. The highest BCUT2D eigenvalue weighted by Gasteiger charge is 2.08. The van der Waals surface area contributed by atoms with Crippen molar-refractivity contribution in [2.45, 2.75) is 26.5 Å². The first kappa shape index (κ1) is 13.0. The molecular weight excluding hydrogens is 218 g/mol. The Morgan fingerprint density at radius 1 is 1.29 bits per heavy atom.